The minimum absolute atomic E-state index is 0.316. The first kappa shape index (κ1) is 7.98. The molecule has 1 fully saturated rings. The summed E-state index contributed by atoms with van der Waals surface area (Å²) in [6.45, 7) is 1.94. The van der Waals surface area contributed by atoms with Gasteiger partial charge in [0, 0.05) is 19.8 Å². The van der Waals surface area contributed by atoms with Crippen molar-refractivity contribution in [3.05, 3.63) is 0 Å². The van der Waals surface area contributed by atoms with Crippen LogP contribution in [0.25, 0.3) is 0 Å². The van der Waals surface area contributed by atoms with Crippen LogP contribution < -0.4 is 5.73 Å². The van der Waals surface area contributed by atoms with Crippen LogP contribution in [0.3, 0.4) is 0 Å². The molecule has 1 aliphatic heterocycles. The molecule has 0 aromatic heterocycles. The predicted octanol–water partition coefficient (Wildman–Crippen LogP) is -0.267. The fourth-order valence-electron chi connectivity index (χ4n) is 1.29. The van der Waals surface area contributed by atoms with Crippen molar-refractivity contribution in [2.45, 2.75) is 18.9 Å². The first-order valence-corrected chi connectivity index (χ1v) is 3.80. The quantitative estimate of drug-likeness (QED) is 0.562. The van der Waals surface area contributed by atoms with E-state index in [4.69, 9.17) is 10.5 Å². The lowest BCUT2D eigenvalue weighted by Crippen LogP contribution is -2.32. The zero-order valence-corrected chi connectivity index (χ0v) is 6.12. The molecule has 0 spiro atoms. The predicted molar refractivity (Wildman–Crippen MR) is 38.6 cm³/mol. The molecule has 3 heteroatoms. The van der Waals surface area contributed by atoms with Crippen molar-refractivity contribution in [3.8, 4) is 0 Å². The third kappa shape index (κ3) is 1.94. The molecule has 0 aromatic rings. The van der Waals surface area contributed by atoms with Gasteiger partial charge < -0.3 is 15.6 Å². The molecule has 0 amide bonds. The van der Waals surface area contributed by atoms with Gasteiger partial charge in [-0.2, -0.15) is 0 Å². The summed E-state index contributed by atoms with van der Waals surface area (Å²) in [5.41, 5.74) is 5.31. The zero-order valence-electron chi connectivity index (χ0n) is 6.12. The van der Waals surface area contributed by atoms with E-state index in [0.717, 1.165) is 26.1 Å². The maximum atomic E-state index is 9.30. The third-order valence-corrected chi connectivity index (χ3v) is 2.05. The Kier molecular flexibility index (Phi) is 3.12. The number of hydrogen-bond donors (Lipinski definition) is 2. The lowest BCUT2D eigenvalue weighted by atomic mass is 9.94. The van der Waals surface area contributed by atoms with Crippen LogP contribution in [0.2, 0.25) is 0 Å². The van der Waals surface area contributed by atoms with E-state index in [1.165, 1.54) is 0 Å². The van der Waals surface area contributed by atoms with E-state index in [1.807, 2.05) is 0 Å². The largest absolute Gasteiger partial charge is 0.392 e. The third-order valence-electron chi connectivity index (χ3n) is 2.05. The minimum Gasteiger partial charge on any atom is -0.392 e. The maximum Gasteiger partial charge on any atom is 0.0692 e. The van der Waals surface area contributed by atoms with Gasteiger partial charge in [0.15, 0.2) is 0 Å². The summed E-state index contributed by atoms with van der Waals surface area (Å²) in [7, 11) is 0. The molecule has 3 N–H and O–H groups in total. The highest BCUT2D eigenvalue weighted by atomic mass is 16.5. The Labute approximate surface area is 61.2 Å². The van der Waals surface area contributed by atoms with Crippen molar-refractivity contribution in [2.24, 2.45) is 11.7 Å². The van der Waals surface area contributed by atoms with Gasteiger partial charge in [0.05, 0.1) is 6.10 Å². The molecular weight excluding hydrogens is 130 g/mol. The van der Waals surface area contributed by atoms with Crippen LogP contribution in [0.15, 0.2) is 0 Å². The van der Waals surface area contributed by atoms with Gasteiger partial charge in [0.25, 0.3) is 0 Å². The van der Waals surface area contributed by atoms with Gasteiger partial charge in [0.2, 0.25) is 0 Å². The van der Waals surface area contributed by atoms with E-state index < -0.39 is 0 Å². The number of aliphatic hydroxyl groups is 1. The molecule has 0 unspecified atom stereocenters. The standard InChI is InChI=1S/C7H15NO2/c8-5-7(9)6-1-3-10-4-2-6/h6-7,9H,1-5,8H2/t7-/m1/s1. The van der Waals surface area contributed by atoms with E-state index in [1.54, 1.807) is 0 Å². The van der Waals surface area contributed by atoms with Crippen molar-refractivity contribution >= 4 is 0 Å². The Morgan fingerprint density at radius 3 is 2.60 bits per heavy atom. The van der Waals surface area contributed by atoms with Crippen molar-refractivity contribution in [3.63, 3.8) is 0 Å². The second-order valence-corrected chi connectivity index (χ2v) is 2.75. The Morgan fingerprint density at radius 1 is 1.50 bits per heavy atom. The summed E-state index contributed by atoms with van der Waals surface area (Å²) in [4.78, 5) is 0. The van der Waals surface area contributed by atoms with Crippen molar-refractivity contribution < 1.29 is 9.84 Å². The van der Waals surface area contributed by atoms with Crippen molar-refractivity contribution in [2.75, 3.05) is 19.8 Å². The van der Waals surface area contributed by atoms with Crippen LogP contribution in [0.4, 0.5) is 0 Å². The summed E-state index contributed by atoms with van der Waals surface area (Å²) in [5.74, 6) is 0.374. The molecule has 1 rings (SSSR count). The highest BCUT2D eigenvalue weighted by Crippen LogP contribution is 2.17. The van der Waals surface area contributed by atoms with Gasteiger partial charge in [-0.1, -0.05) is 0 Å². The summed E-state index contributed by atoms with van der Waals surface area (Å²) in [5, 5.41) is 9.30. The Hall–Kier alpha value is -0.120. The second kappa shape index (κ2) is 3.91. The smallest absolute Gasteiger partial charge is 0.0692 e. The van der Waals surface area contributed by atoms with Gasteiger partial charge in [-0.05, 0) is 18.8 Å². The topological polar surface area (TPSA) is 55.5 Å². The average molecular weight is 145 g/mol. The van der Waals surface area contributed by atoms with Gasteiger partial charge >= 0.3 is 0 Å². The maximum absolute atomic E-state index is 9.30. The molecule has 10 heavy (non-hydrogen) atoms. The highest BCUT2D eigenvalue weighted by Gasteiger charge is 2.20. The van der Waals surface area contributed by atoms with Crippen LogP contribution in [0.1, 0.15) is 12.8 Å². The molecule has 0 saturated carbocycles. The van der Waals surface area contributed by atoms with Crippen LogP contribution in [-0.2, 0) is 4.74 Å². The van der Waals surface area contributed by atoms with E-state index in [-0.39, 0.29) is 6.10 Å². The van der Waals surface area contributed by atoms with Crippen molar-refractivity contribution in [1.29, 1.82) is 0 Å². The molecule has 1 saturated heterocycles. The van der Waals surface area contributed by atoms with E-state index in [0.29, 0.717) is 12.5 Å². The van der Waals surface area contributed by atoms with E-state index >= 15 is 0 Å². The fraction of sp³-hybridized carbons (Fsp3) is 1.00. The van der Waals surface area contributed by atoms with Crippen molar-refractivity contribution in [1.82, 2.24) is 0 Å². The van der Waals surface area contributed by atoms with Gasteiger partial charge in [-0.25, -0.2) is 0 Å². The molecule has 0 bridgehead atoms. The number of rotatable bonds is 2. The Balaban J connectivity index is 2.24. The normalized spacial score (nSPS) is 24.6. The zero-order chi connectivity index (χ0) is 7.40. The molecule has 0 aromatic carbocycles. The highest BCUT2D eigenvalue weighted by molar-refractivity contribution is 4.71. The first-order chi connectivity index (χ1) is 4.84. The van der Waals surface area contributed by atoms with Gasteiger partial charge in [0.1, 0.15) is 0 Å². The lowest BCUT2D eigenvalue weighted by molar-refractivity contribution is 0.0116. The fourth-order valence-corrected chi connectivity index (χ4v) is 1.29. The number of ether oxygens (including phenoxy) is 1. The summed E-state index contributed by atoms with van der Waals surface area (Å²) in [6.07, 6.45) is 1.60. The molecule has 0 aliphatic carbocycles. The van der Waals surface area contributed by atoms with Gasteiger partial charge in [-0.15, -0.1) is 0 Å². The molecule has 1 heterocycles. The van der Waals surface area contributed by atoms with Crippen LogP contribution in [-0.4, -0.2) is 31.0 Å². The molecule has 1 aliphatic rings. The molecule has 0 radical (unpaired) electrons. The minimum atomic E-state index is -0.316. The van der Waals surface area contributed by atoms with Crippen LogP contribution in [0.5, 0.6) is 0 Å². The summed E-state index contributed by atoms with van der Waals surface area (Å²) >= 11 is 0. The van der Waals surface area contributed by atoms with Crippen LogP contribution in [0, 0.1) is 5.92 Å². The molecule has 60 valence electrons. The summed E-state index contributed by atoms with van der Waals surface area (Å²) < 4.78 is 5.14. The Morgan fingerprint density at radius 2 is 2.10 bits per heavy atom. The summed E-state index contributed by atoms with van der Waals surface area (Å²) in [6, 6.07) is 0. The number of aliphatic hydroxyl groups excluding tert-OH is 1. The first-order valence-electron chi connectivity index (χ1n) is 3.80. The second-order valence-electron chi connectivity index (χ2n) is 2.75. The molecule has 3 nitrogen and oxygen atoms in total. The monoisotopic (exact) mass is 145 g/mol. The number of nitrogens with two attached hydrogens (primary N) is 1. The molecular formula is C7H15NO2. The Bertz CT molecular complexity index is 91.6. The average Bonchev–Trinajstić information content (AvgIpc) is 2.05. The lowest BCUT2D eigenvalue weighted by Gasteiger charge is -2.25. The van der Waals surface area contributed by atoms with E-state index in [9.17, 15) is 5.11 Å². The van der Waals surface area contributed by atoms with Gasteiger partial charge in [-0.3, -0.25) is 0 Å². The molecule has 1 atom stereocenters. The van der Waals surface area contributed by atoms with Crippen LogP contribution >= 0.6 is 0 Å². The van der Waals surface area contributed by atoms with E-state index in [2.05, 4.69) is 0 Å². The SMILES string of the molecule is NC[C@@H](O)C1CCOCC1. The number of hydrogen-bond acceptors (Lipinski definition) is 3.